The first kappa shape index (κ1) is 16.2. The van der Waals surface area contributed by atoms with Gasteiger partial charge < -0.3 is 18.9 Å². The first-order chi connectivity index (χ1) is 11.9. The molecule has 1 saturated heterocycles. The van der Waals surface area contributed by atoms with E-state index in [2.05, 4.69) is 33.8 Å². The quantitative estimate of drug-likeness (QED) is 0.840. The number of fused-ring (bicyclic) bond motifs is 1. The van der Waals surface area contributed by atoms with Gasteiger partial charge in [0.2, 0.25) is 0 Å². The predicted molar refractivity (Wildman–Crippen MR) is 97.2 cm³/mol. The van der Waals surface area contributed by atoms with E-state index in [0.29, 0.717) is 19.0 Å². The number of hydrogen-bond donors (Lipinski definition) is 0. The number of anilines is 1. The number of carbonyl (C=O) groups is 1. The fourth-order valence-electron chi connectivity index (χ4n) is 3.24. The van der Waals surface area contributed by atoms with Crippen LogP contribution in [0.2, 0.25) is 0 Å². The van der Waals surface area contributed by atoms with Gasteiger partial charge in [0.1, 0.15) is 11.2 Å². The topological polar surface area (TPSA) is 50.1 Å². The summed E-state index contributed by atoms with van der Waals surface area (Å²) in [5.74, 6) is 0.667. The number of rotatable bonds is 2. The standard InChI is InChI=1S/C19H26N4O2/c1-19(2,3)25-18(24)22-10-8-21(9-11-22)15-6-7-17-20-16(14-4-5-14)13-23(17)12-15/h6-7,12-14H,4-5,8-11H2,1-3H3. The van der Waals surface area contributed by atoms with E-state index < -0.39 is 5.60 Å². The Balaban J connectivity index is 1.42. The summed E-state index contributed by atoms with van der Waals surface area (Å²) in [5, 5.41) is 0. The maximum Gasteiger partial charge on any atom is 0.410 e. The highest BCUT2D eigenvalue weighted by molar-refractivity contribution is 5.68. The summed E-state index contributed by atoms with van der Waals surface area (Å²) in [6.45, 7) is 8.70. The number of carbonyl (C=O) groups excluding carboxylic acids is 1. The van der Waals surface area contributed by atoms with Crippen molar-refractivity contribution in [2.45, 2.75) is 45.1 Å². The van der Waals surface area contributed by atoms with E-state index in [1.54, 1.807) is 4.90 Å². The lowest BCUT2D eigenvalue weighted by Gasteiger charge is -2.36. The van der Waals surface area contributed by atoms with Crippen LogP contribution < -0.4 is 4.90 Å². The molecule has 6 heteroatoms. The second-order valence-corrected chi connectivity index (χ2v) is 8.05. The minimum absolute atomic E-state index is 0.216. The van der Waals surface area contributed by atoms with E-state index in [1.807, 2.05) is 20.8 Å². The van der Waals surface area contributed by atoms with E-state index in [1.165, 1.54) is 24.2 Å². The summed E-state index contributed by atoms with van der Waals surface area (Å²) in [6.07, 6.45) is 6.63. The molecule has 134 valence electrons. The summed E-state index contributed by atoms with van der Waals surface area (Å²) < 4.78 is 7.59. The van der Waals surface area contributed by atoms with Crippen molar-refractivity contribution in [3.05, 3.63) is 30.2 Å². The third-order valence-corrected chi connectivity index (χ3v) is 4.75. The smallest absolute Gasteiger partial charge is 0.410 e. The SMILES string of the molecule is CC(C)(C)OC(=O)N1CCN(c2ccc3nc(C4CC4)cn3c2)CC1. The fourth-order valence-corrected chi connectivity index (χ4v) is 3.24. The molecule has 2 aromatic heterocycles. The van der Waals surface area contributed by atoms with Crippen molar-refractivity contribution in [1.29, 1.82) is 0 Å². The summed E-state index contributed by atoms with van der Waals surface area (Å²) in [5.41, 5.74) is 2.96. The van der Waals surface area contributed by atoms with Gasteiger partial charge in [-0.2, -0.15) is 0 Å². The van der Waals surface area contributed by atoms with Crippen molar-refractivity contribution in [3.8, 4) is 0 Å². The molecular formula is C19H26N4O2. The van der Waals surface area contributed by atoms with E-state index in [9.17, 15) is 4.79 Å². The molecule has 2 fully saturated rings. The average Bonchev–Trinajstić information content (AvgIpc) is 3.32. The van der Waals surface area contributed by atoms with Gasteiger partial charge in [0, 0.05) is 44.5 Å². The van der Waals surface area contributed by atoms with Crippen LogP contribution in [0.1, 0.15) is 45.2 Å². The number of nitrogens with zero attached hydrogens (tertiary/aromatic N) is 4. The number of pyridine rings is 1. The highest BCUT2D eigenvalue weighted by atomic mass is 16.6. The van der Waals surface area contributed by atoms with Gasteiger partial charge in [-0.15, -0.1) is 0 Å². The van der Waals surface area contributed by atoms with Crippen LogP contribution in [-0.2, 0) is 4.74 Å². The van der Waals surface area contributed by atoms with Gasteiger partial charge in [-0.25, -0.2) is 9.78 Å². The Bertz CT molecular complexity index is 780. The van der Waals surface area contributed by atoms with Crippen molar-refractivity contribution in [1.82, 2.24) is 14.3 Å². The number of amides is 1. The van der Waals surface area contributed by atoms with Gasteiger partial charge in [0.15, 0.2) is 0 Å². The summed E-state index contributed by atoms with van der Waals surface area (Å²) in [4.78, 5) is 21.0. The van der Waals surface area contributed by atoms with Crippen molar-refractivity contribution < 1.29 is 9.53 Å². The predicted octanol–water partition coefficient (Wildman–Crippen LogP) is 3.27. The normalized spacial score (nSPS) is 18.7. The first-order valence-corrected chi connectivity index (χ1v) is 9.10. The molecule has 25 heavy (non-hydrogen) atoms. The van der Waals surface area contributed by atoms with E-state index in [0.717, 1.165) is 18.7 Å². The molecule has 0 N–H and O–H groups in total. The highest BCUT2D eigenvalue weighted by Crippen LogP contribution is 2.39. The maximum atomic E-state index is 12.2. The lowest BCUT2D eigenvalue weighted by molar-refractivity contribution is 0.0240. The Morgan fingerprint density at radius 1 is 1.12 bits per heavy atom. The molecule has 4 rings (SSSR count). The summed E-state index contributed by atoms with van der Waals surface area (Å²) >= 11 is 0. The third kappa shape index (κ3) is 3.57. The van der Waals surface area contributed by atoms with Crippen molar-refractivity contribution in [2.75, 3.05) is 31.1 Å². The molecular weight excluding hydrogens is 316 g/mol. The minimum Gasteiger partial charge on any atom is -0.444 e. The van der Waals surface area contributed by atoms with Gasteiger partial charge in [-0.1, -0.05) is 0 Å². The van der Waals surface area contributed by atoms with Gasteiger partial charge in [0.05, 0.1) is 11.4 Å². The molecule has 0 unspecified atom stereocenters. The summed E-state index contributed by atoms with van der Waals surface area (Å²) in [6, 6.07) is 4.21. The zero-order chi connectivity index (χ0) is 17.6. The minimum atomic E-state index is -0.445. The number of hydrogen-bond acceptors (Lipinski definition) is 4. The van der Waals surface area contributed by atoms with Crippen LogP contribution in [0.3, 0.4) is 0 Å². The fraction of sp³-hybridized carbons (Fsp3) is 0.579. The Morgan fingerprint density at radius 2 is 1.84 bits per heavy atom. The molecule has 3 heterocycles. The zero-order valence-corrected chi connectivity index (χ0v) is 15.2. The molecule has 6 nitrogen and oxygen atoms in total. The second-order valence-electron chi connectivity index (χ2n) is 8.05. The molecule has 0 spiro atoms. The van der Waals surface area contributed by atoms with Crippen LogP contribution >= 0.6 is 0 Å². The Hall–Kier alpha value is -2.24. The van der Waals surface area contributed by atoms with Gasteiger partial charge in [-0.3, -0.25) is 0 Å². The molecule has 1 amide bonds. The number of ether oxygens (including phenoxy) is 1. The third-order valence-electron chi connectivity index (χ3n) is 4.75. The molecule has 0 radical (unpaired) electrons. The molecule has 1 aliphatic carbocycles. The summed E-state index contributed by atoms with van der Waals surface area (Å²) in [7, 11) is 0. The molecule has 1 aliphatic heterocycles. The molecule has 1 saturated carbocycles. The largest absolute Gasteiger partial charge is 0.444 e. The first-order valence-electron chi connectivity index (χ1n) is 9.10. The highest BCUT2D eigenvalue weighted by Gasteiger charge is 2.27. The molecule has 2 aliphatic rings. The number of aromatic nitrogens is 2. The van der Waals surface area contributed by atoms with Crippen LogP contribution in [0, 0.1) is 0 Å². The lowest BCUT2D eigenvalue weighted by atomic mass is 10.2. The van der Waals surface area contributed by atoms with E-state index >= 15 is 0 Å². The maximum absolute atomic E-state index is 12.2. The average molecular weight is 342 g/mol. The monoisotopic (exact) mass is 342 g/mol. The van der Waals surface area contributed by atoms with Gasteiger partial charge in [-0.05, 0) is 45.7 Å². The second kappa shape index (κ2) is 5.93. The number of piperazine rings is 1. The van der Waals surface area contributed by atoms with Crippen molar-refractivity contribution >= 4 is 17.4 Å². The molecule has 2 aromatic rings. The van der Waals surface area contributed by atoms with Crippen LogP contribution in [0.4, 0.5) is 10.5 Å². The zero-order valence-electron chi connectivity index (χ0n) is 15.2. The van der Waals surface area contributed by atoms with Gasteiger partial charge >= 0.3 is 6.09 Å². The van der Waals surface area contributed by atoms with Gasteiger partial charge in [0.25, 0.3) is 0 Å². The van der Waals surface area contributed by atoms with Crippen LogP contribution in [-0.4, -0.2) is 52.2 Å². The van der Waals surface area contributed by atoms with Crippen molar-refractivity contribution in [2.24, 2.45) is 0 Å². The van der Waals surface area contributed by atoms with E-state index in [4.69, 9.17) is 9.72 Å². The Morgan fingerprint density at radius 3 is 2.48 bits per heavy atom. The van der Waals surface area contributed by atoms with Crippen LogP contribution in [0.15, 0.2) is 24.5 Å². The molecule has 0 atom stereocenters. The number of imidazole rings is 1. The van der Waals surface area contributed by atoms with Crippen LogP contribution in [0.25, 0.3) is 5.65 Å². The molecule has 0 bridgehead atoms. The van der Waals surface area contributed by atoms with Crippen molar-refractivity contribution in [3.63, 3.8) is 0 Å². The Labute approximate surface area is 148 Å². The molecule has 0 aromatic carbocycles. The van der Waals surface area contributed by atoms with E-state index in [-0.39, 0.29) is 6.09 Å². The van der Waals surface area contributed by atoms with Crippen LogP contribution in [0.5, 0.6) is 0 Å². The Kier molecular flexibility index (Phi) is 3.85. The lowest BCUT2D eigenvalue weighted by Crippen LogP contribution is -2.50.